The number of carbonyl (C=O) groups is 1. The average Bonchev–Trinajstić information content (AvgIpc) is 3.28. The number of piperazine rings is 1. The maximum absolute atomic E-state index is 12.8. The maximum atomic E-state index is 12.8. The van der Waals surface area contributed by atoms with Crippen LogP contribution in [0.2, 0.25) is 0 Å². The number of hydrogen-bond acceptors (Lipinski definition) is 6. The van der Waals surface area contributed by atoms with Crippen molar-refractivity contribution in [2.45, 2.75) is 0 Å². The van der Waals surface area contributed by atoms with Gasteiger partial charge in [0.05, 0.1) is 11.9 Å². The molecule has 0 radical (unpaired) electrons. The normalized spacial score (nSPS) is 15.4. The fourth-order valence-corrected chi connectivity index (χ4v) is 4.01. The van der Waals surface area contributed by atoms with Gasteiger partial charge >= 0.3 is 0 Å². The highest BCUT2D eigenvalue weighted by atomic mass is 32.2. The molecule has 1 aliphatic rings. The van der Waals surface area contributed by atoms with Crippen molar-refractivity contribution in [2.75, 3.05) is 32.4 Å². The summed E-state index contributed by atoms with van der Waals surface area (Å²) in [5.41, 5.74) is 1.99. The minimum Gasteiger partial charge on any atom is -0.335 e. The number of aromatic nitrogens is 4. The number of sulfonamides is 1. The first-order chi connectivity index (χ1) is 13.9. The van der Waals surface area contributed by atoms with Crippen molar-refractivity contribution >= 4 is 15.9 Å². The monoisotopic (exact) mass is 412 g/mol. The minimum absolute atomic E-state index is 0.227. The van der Waals surface area contributed by atoms with Crippen LogP contribution in [-0.2, 0) is 10.0 Å². The van der Waals surface area contributed by atoms with E-state index in [9.17, 15) is 13.2 Å². The van der Waals surface area contributed by atoms with Gasteiger partial charge in [-0.2, -0.15) is 9.40 Å². The largest absolute Gasteiger partial charge is 0.335 e. The predicted molar refractivity (Wildman–Crippen MR) is 107 cm³/mol. The number of carbonyl (C=O) groups excluding carboxylic acids is 1. The average molecular weight is 412 g/mol. The minimum atomic E-state index is -3.24. The van der Waals surface area contributed by atoms with E-state index in [0.29, 0.717) is 24.6 Å². The van der Waals surface area contributed by atoms with Gasteiger partial charge in [0.2, 0.25) is 10.0 Å². The number of nitrogens with zero attached hydrogens (tertiary/aromatic N) is 6. The molecule has 1 aliphatic heterocycles. The van der Waals surface area contributed by atoms with Gasteiger partial charge in [-0.25, -0.2) is 23.1 Å². The Balaban J connectivity index is 1.49. The summed E-state index contributed by atoms with van der Waals surface area (Å²) in [4.78, 5) is 23.1. The summed E-state index contributed by atoms with van der Waals surface area (Å²) in [6.07, 6.45) is 6.30. The molecule has 1 amide bonds. The number of hydrogen-bond donors (Lipinski definition) is 0. The van der Waals surface area contributed by atoms with Crippen LogP contribution in [0.3, 0.4) is 0 Å². The third-order valence-electron chi connectivity index (χ3n) is 4.76. The lowest BCUT2D eigenvalue weighted by molar-refractivity contribution is 0.0692. The molecule has 1 fully saturated rings. The molecule has 1 saturated heterocycles. The van der Waals surface area contributed by atoms with Crippen molar-refractivity contribution in [3.63, 3.8) is 0 Å². The van der Waals surface area contributed by atoms with Crippen LogP contribution in [0.1, 0.15) is 10.5 Å². The van der Waals surface area contributed by atoms with Crippen molar-refractivity contribution in [2.24, 2.45) is 0 Å². The van der Waals surface area contributed by atoms with Crippen LogP contribution in [0.5, 0.6) is 0 Å². The van der Waals surface area contributed by atoms with Crippen LogP contribution < -0.4 is 0 Å². The molecule has 9 nitrogen and oxygen atoms in total. The highest BCUT2D eigenvalue weighted by molar-refractivity contribution is 7.88. The van der Waals surface area contributed by atoms with Crippen molar-refractivity contribution in [3.05, 3.63) is 60.7 Å². The third kappa shape index (κ3) is 4.17. The molecule has 0 spiro atoms. The van der Waals surface area contributed by atoms with Gasteiger partial charge in [0.15, 0.2) is 5.82 Å². The third-order valence-corrected chi connectivity index (χ3v) is 6.07. The quantitative estimate of drug-likeness (QED) is 0.635. The summed E-state index contributed by atoms with van der Waals surface area (Å²) in [5, 5.41) is 4.19. The second-order valence-corrected chi connectivity index (χ2v) is 8.70. The van der Waals surface area contributed by atoms with E-state index in [2.05, 4.69) is 15.1 Å². The van der Waals surface area contributed by atoms with E-state index in [4.69, 9.17) is 0 Å². The van der Waals surface area contributed by atoms with Crippen LogP contribution in [0.25, 0.3) is 17.1 Å². The van der Waals surface area contributed by atoms with E-state index in [1.807, 2.05) is 36.5 Å². The molecule has 3 aromatic rings. The van der Waals surface area contributed by atoms with Crippen LogP contribution >= 0.6 is 0 Å². The van der Waals surface area contributed by atoms with Gasteiger partial charge in [-0.15, -0.1) is 0 Å². The van der Waals surface area contributed by atoms with Crippen molar-refractivity contribution in [1.29, 1.82) is 0 Å². The standard InChI is InChI=1S/C19H20N6O3S/c1-29(27,28)24-13-11-23(12-14-24)19(26)17-7-9-20-18(22-17)15-3-5-16(6-4-15)25-10-2-8-21-25/h2-10H,11-14H2,1H3. The summed E-state index contributed by atoms with van der Waals surface area (Å²) in [7, 11) is -3.24. The Morgan fingerprint density at radius 3 is 2.34 bits per heavy atom. The first-order valence-electron chi connectivity index (χ1n) is 9.10. The smallest absolute Gasteiger partial charge is 0.272 e. The van der Waals surface area contributed by atoms with E-state index in [0.717, 1.165) is 11.3 Å². The predicted octanol–water partition coefficient (Wildman–Crippen LogP) is 1.05. The van der Waals surface area contributed by atoms with E-state index < -0.39 is 10.0 Å². The summed E-state index contributed by atoms with van der Waals surface area (Å²) in [6, 6.07) is 11.0. The van der Waals surface area contributed by atoms with Gasteiger partial charge in [-0.05, 0) is 36.4 Å². The summed E-state index contributed by atoms with van der Waals surface area (Å²) < 4.78 is 26.4. The van der Waals surface area contributed by atoms with E-state index >= 15 is 0 Å². The Bertz CT molecular complexity index is 1110. The lowest BCUT2D eigenvalue weighted by Gasteiger charge is -2.33. The molecule has 0 aliphatic carbocycles. The molecular weight excluding hydrogens is 392 g/mol. The SMILES string of the molecule is CS(=O)(=O)N1CCN(C(=O)c2ccnc(-c3ccc(-n4cccn4)cc3)n2)CC1. The number of rotatable bonds is 4. The molecule has 0 N–H and O–H groups in total. The summed E-state index contributed by atoms with van der Waals surface area (Å²) >= 11 is 0. The molecule has 0 saturated carbocycles. The molecule has 29 heavy (non-hydrogen) atoms. The molecule has 150 valence electrons. The molecule has 0 atom stereocenters. The fourth-order valence-electron chi connectivity index (χ4n) is 3.19. The Kier molecular flexibility index (Phi) is 5.12. The lowest BCUT2D eigenvalue weighted by Crippen LogP contribution is -2.50. The molecule has 0 bridgehead atoms. The molecular formula is C19H20N6O3S. The van der Waals surface area contributed by atoms with Crippen molar-refractivity contribution in [1.82, 2.24) is 29.0 Å². The Morgan fingerprint density at radius 1 is 1.00 bits per heavy atom. The van der Waals surface area contributed by atoms with Gasteiger partial charge in [-0.1, -0.05) is 0 Å². The van der Waals surface area contributed by atoms with E-state index in [-0.39, 0.29) is 19.0 Å². The number of benzene rings is 1. The summed E-state index contributed by atoms with van der Waals surface area (Å²) in [5.74, 6) is 0.229. The zero-order valence-corrected chi connectivity index (χ0v) is 16.7. The van der Waals surface area contributed by atoms with Crippen LogP contribution in [0.4, 0.5) is 0 Å². The highest BCUT2D eigenvalue weighted by Gasteiger charge is 2.27. The van der Waals surface area contributed by atoms with Crippen molar-refractivity contribution < 1.29 is 13.2 Å². The van der Waals surface area contributed by atoms with Gasteiger partial charge in [0.1, 0.15) is 5.69 Å². The van der Waals surface area contributed by atoms with E-state index in [1.54, 1.807) is 28.0 Å². The first-order valence-corrected chi connectivity index (χ1v) is 10.9. The Morgan fingerprint density at radius 2 is 1.72 bits per heavy atom. The number of amides is 1. The Labute approximate surface area is 168 Å². The fraction of sp³-hybridized carbons (Fsp3) is 0.263. The van der Waals surface area contributed by atoms with E-state index in [1.165, 1.54) is 10.6 Å². The van der Waals surface area contributed by atoms with Crippen LogP contribution in [0.15, 0.2) is 55.0 Å². The molecule has 3 heterocycles. The zero-order chi connectivity index (χ0) is 20.4. The van der Waals surface area contributed by atoms with Gasteiger partial charge in [0, 0.05) is 50.3 Å². The Hall–Kier alpha value is -3.11. The second kappa shape index (κ2) is 7.72. The first kappa shape index (κ1) is 19.2. The molecule has 0 unspecified atom stereocenters. The van der Waals surface area contributed by atoms with Crippen LogP contribution in [0, 0.1) is 0 Å². The van der Waals surface area contributed by atoms with Gasteiger partial charge < -0.3 is 4.90 Å². The molecule has 1 aromatic carbocycles. The highest BCUT2D eigenvalue weighted by Crippen LogP contribution is 2.18. The van der Waals surface area contributed by atoms with Gasteiger partial charge in [-0.3, -0.25) is 4.79 Å². The van der Waals surface area contributed by atoms with Crippen molar-refractivity contribution in [3.8, 4) is 17.1 Å². The lowest BCUT2D eigenvalue weighted by atomic mass is 10.2. The van der Waals surface area contributed by atoms with Gasteiger partial charge in [0.25, 0.3) is 5.91 Å². The zero-order valence-electron chi connectivity index (χ0n) is 15.8. The van der Waals surface area contributed by atoms with Crippen LogP contribution in [-0.4, -0.2) is 75.7 Å². The summed E-state index contributed by atoms with van der Waals surface area (Å²) in [6.45, 7) is 1.25. The molecule has 10 heteroatoms. The molecule has 4 rings (SSSR count). The molecule has 2 aromatic heterocycles. The second-order valence-electron chi connectivity index (χ2n) is 6.72. The topological polar surface area (TPSA) is 101 Å². The maximum Gasteiger partial charge on any atom is 0.272 e.